The molecule has 0 aliphatic heterocycles. The van der Waals surface area contributed by atoms with Crippen LogP contribution < -0.4 is 5.73 Å². The summed E-state index contributed by atoms with van der Waals surface area (Å²) in [6.07, 6.45) is 0.297. The molecule has 0 amide bonds. The summed E-state index contributed by atoms with van der Waals surface area (Å²) in [5, 5.41) is 5.47. The molecule has 0 unspecified atom stereocenters. The molecule has 2 aromatic carbocycles. The third-order valence-electron chi connectivity index (χ3n) is 3.39. The molecule has 0 radical (unpaired) electrons. The number of hydrogen-bond acceptors (Lipinski definition) is 3. The zero-order valence-corrected chi connectivity index (χ0v) is 11.2. The molecule has 0 spiro atoms. The molecule has 0 atom stereocenters. The Morgan fingerprint density at radius 3 is 2.60 bits per heavy atom. The second-order valence-electron chi connectivity index (χ2n) is 4.81. The first-order valence-corrected chi connectivity index (χ1v) is 6.44. The quantitative estimate of drug-likeness (QED) is 0.585. The van der Waals surface area contributed by atoms with Crippen LogP contribution in [0.3, 0.4) is 0 Å². The number of fused-ring (bicyclic) bond motifs is 1. The molecular formula is C16H15N3O. The van der Waals surface area contributed by atoms with Crippen molar-refractivity contribution in [3.05, 3.63) is 59.8 Å². The lowest BCUT2D eigenvalue weighted by atomic mass is 10.0. The highest BCUT2D eigenvalue weighted by Crippen LogP contribution is 2.19. The van der Waals surface area contributed by atoms with Gasteiger partial charge in [-0.3, -0.25) is 9.48 Å². The Balaban J connectivity index is 1.93. The van der Waals surface area contributed by atoms with Crippen LogP contribution in [-0.4, -0.2) is 15.6 Å². The number of nitrogens with zero attached hydrogens (tertiary/aromatic N) is 2. The summed E-state index contributed by atoms with van der Waals surface area (Å²) in [5.74, 6) is 0.0499. The zero-order valence-electron chi connectivity index (χ0n) is 11.2. The molecule has 1 aromatic heterocycles. The summed E-state index contributed by atoms with van der Waals surface area (Å²) >= 11 is 0. The Kier molecular flexibility index (Phi) is 2.99. The summed E-state index contributed by atoms with van der Waals surface area (Å²) in [5.41, 5.74) is 8.79. The van der Waals surface area contributed by atoms with E-state index >= 15 is 0 Å². The maximum Gasteiger partial charge on any atom is 0.168 e. The van der Waals surface area contributed by atoms with E-state index in [1.807, 2.05) is 31.3 Å². The van der Waals surface area contributed by atoms with E-state index in [2.05, 4.69) is 5.10 Å². The second kappa shape index (κ2) is 4.81. The number of ketones is 1. The number of carbonyl (C=O) groups is 1. The molecule has 3 rings (SSSR count). The molecule has 0 saturated carbocycles. The van der Waals surface area contributed by atoms with Crippen LogP contribution in [0.5, 0.6) is 0 Å². The molecule has 20 heavy (non-hydrogen) atoms. The van der Waals surface area contributed by atoms with Crippen LogP contribution in [0.15, 0.2) is 48.5 Å². The number of nitrogens with two attached hydrogens (primary N) is 1. The van der Waals surface area contributed by atoms with E-state index in [1.165, 1.54) is 0 Å². The number of carbonyl (C=O) groups excluding carboxylic acids is 1. The Morgan fingerprint density at radius 1 is 1.15 bits per heavy atom. The predicted molar refractivity (Wildman–Crippen MR) is 79.6 cm³/mol. The molecule has 0 fully saturated rings. The molecule has 0 aliphatic rings. The molecule has 0 bridgehead atoms. The van der Waals surface area contributed by atoms with Crippen molar-refractivity contribution in [1.82, 2.24) is 9.78 Å². The van der Waals surface area contributed by atoms with E-state index in [-0.39, 0.29) is 5.78 Å². The van der Waals surface area contributed by atoms with Crippen LogP contribution in [0.2, 0.25) is 0 Å². The Bertz CT molecular complexity index is 772. The van der Waals surface area contributed by atoms with Gasteiger partial charge in [0.15, 0.2) is 5.78 Å². The van der Waals surface area contributed by atoms with Gasteiger partial charge in [0.05, 0.1) is 17.6 Å². The van der Waals surface area contributed by atoms with Gasteiger partial charge < -0.3 is 5.73 Å². The van der Waals surface area contributed by atoms with Crippen molar-refractivity contribution >= 4 is 22.4 Å². The highest BCUT2D eigenvalue weighted by molar-refractivity contribution is 5.99. The number of Topliss-reactive ketones (excluding diaryl/α,β-unsaturated/α-hetero) is 1. The van der Waals surface area contributed by atoms with Crippen molar-refractivity contribution < 1.29 is 4.79 Å². The third-order valence-corrected chi connectivity index (χ3v) is 3.39. The van der Waals surface area contributed by atoms with E-state index in [9.17, 15) is 4.79 Å². The number of para-hydroxylation sites is 1. The minimum Gasteiger partial charge on any atom is -0.399 e. The smallest absolute Gasteiger partial charge is 0.168 e. The molecule has 4 heteroatoms. The van der Waals surface area contributed by atoms with Gasteiger partial charge in [0.25, 0.3) is 0 Å². The Hall–Kier alpha value is -2.62. The molecule has 100 valence electrons. The van der Waals surface area contributed by atoms with Crippen molar-refractivity contribution in [3.8, 4) is 0 Å². The topological polar surface area (TPSA) is 60.9 Å². The van der Waals surface area contributed by atoms with Gasteiger partial charge in [-0.25, -0.2) is 0 Å². The van der Waals surface area contributed by atoms with E-state index < -0.39 is 0 Å². The van der Waals surface area contributed by atoms with Gasteiger partial charge in [0.1, 0.15) is 0 Å². The molecule has 2 N–H and O–H groups in total. The predicted octanol–water partition coefficient (Wildman–Crippen LogP) is 2.58. The molecule has 0 aliphatic carbocycles. The van der Waals surface area contributed by atoms with Crippen LogP contribution >= 0.6 is 0 Å². The zero-order chi connectivity index (χ0) is 14.1. The lowest BCUT2D eigenvalue weighted by Gasteiger charge is -2.00. The molecule has 1 heterocycles. The lowest BCUT2D eigenvalue weighted by Crippen LogP contribution is -2.05. The Labute approximate surface area is 116 Å². The van der Waals surface area contributed by atoms with Crippen molar-refractivity contribution in [2.45, 2.75) is 6.42 Å². The van der Waals surface area contributed by atoms with E-state index in [4.69, 9.17) is 5.73 Å². The minimum atomic E-state index is 0.0499. The SMILES string of the molecule is Cn1nc(CC(=O)c2ccc(N)cc2)c2ccccc21. The van der Waals surface area contributed by atoms with Gasteiger partial charge >= 0.3 is 0 Å². The fraction of sp³-hybridized carbons (Fsp3) is 0.125. The van der Waals surface area contributed by atoms with Gasteiger partial charge in [-0.2, -0.15) is 5.10 Å². The van der Waals surface area contributed by atoms with E-state index in [0.29, 0.717) is 17.7 Å². The number of aromatic nitrogens is 2. The first-order valence-electron chi connectivity index (χ1n) is 6.44. The largest absolute Gasteiger partial charge is 0.399 e. The monoisotopic (exact) mass is 265 g/mol. The molecule has 4 nitrogen and oxygen atoms in total. The van der Waals surface area contributed by atoms with Crippen molar-refractivity contribution in [1.29, 1.82) is 0 Å². The van der Waals surface area contributed by atoms with Gasteiger partial charge in [-0.1, -0.05) is 18.2 Å². The summed E-state index contributed by atoms with van der Waals surface area (Å²) < 4.78 is 1.81. The van der Waals surface area contributed by atoms with E-state index in [0.717, 1.165) is 16.6 Å². The van der Waals surface area contributed by atoms with Crippen molar-refractivity contribution in [2.75, 3.05) is 5.73 Å². The standard InChI is InChI=1S/C16H15N3O/c1-19-15-5-3-2-4-13(15)14(18-19)10-16(20)11-6-8-12(17)9-7-11/h2-9H,10,17H2,1H3. The number of aryl methyl sites for hydroxylation is 1. The summed E-state index contributed by atoms with van der Waals surface area (Å²) in [7, 11) is 1.89. The number of anilines is 1. The normalized spacial score (nSPS) is 10.8. The number of hydrogen-bond donors (Lipinski definition) is 1. The Morgan fingerprint density at radius 2 is 1.85 bits per heavy atom. The fourth-order valence-corrected chi connectivity index (χ4v) is 2.34. The summed E-state index contributed by atoms with van der Waals surface area (Å²) in [6, 6.07) is 14.9. The maximum atomic E-state index is 12.3. The third kappa shape index (κ3) is 2.16. The second-order valence-corrected chi connectivity index (χ2v) is 4.81. The molecule has 3 aromatic rings. The van der Waals surface area contributed by atoms with Gasteiger partial charge in [-0.15, -0.1) is 0 Å². The number of rotatable bonds is 3. The van der Waals surface area contributed by atoms with Gasteiger partial charge in [0.2, 0.25) is 0 Å². The average molecular weight is 265 g/mol. The van der Waals surface area contributed by atoms with Crippen LogP contribution in [0.4, 0.5) is 5.69 Å². The number of benzene rings is 2. The van der Waals surface area contributed by atoms with Crippen molar-refractivity contribution in [2.24, 2.45) is 7.05 Å². The van der Waals surface area contributed by atoms with Crippen LogP contribution in [0.1, 0.15) is 16.1 Å². The highest BCUT2D eigenvalue weighted by Gasteiger charge is 2.13. The fourth-order valence-electron chi connectivity index (χ4n) is 2.34. The van der Waals surface area contributed by atoms with E-state index in [1.54, 1.807) is 28.9 Å². The van der Waals surface area contributed by atoms with Gasteiger partial charge in [-0.05, 0) is 30.3 Å². The summed E-state index contributed by atoms with van der Waals surface area (Å²) in [4.78, 5) is 12.3. The first kappa shape index (κ1) is 12.4. The summed E-state index contributed by atoms with van der Waals surface area (Å²) in [6.45, 7) is 0. The highest BCUT2D eigenvalue weighted by atomic mass is 16.1. The average Bonchev–Trinajstić information content (AvgIpc) is 2.77. The molecule has 0 saturated heterocycles. The van der Waals surface area contributed by atoms with Gasteiger partial charge in [0, 0.05) is 23.7 Å². The maximum absolute atomic E-state index is 12.3. The van der Waals surface area contributed by atoms with Crippen LogP contribution in [-0.2, 0) is 13.5 Å². The van der Waals surface area contributed by atoms with Crippen LogP contribution in [0.25, 0.3) is 10.9 Å². The van der Waals surface area contributed by atoms with Crippen molar-refractivity contribution in [3.63, 3.8) is 0 Å². The van der Waals surface area contributed by atoms with Crippen LogP contribution in [0, 0.1) is 0 Å². The minimum absolute atomic E-state index is 0.0499. The number of nitrogen functional groups attached to an aromatic ring is 1. The molecular weight excluding hydrogens is 250 g/mol. The lowest BCUT2D eigenvalue weighted by molar-refractivity contribution is 0.0992. The first-order chi connectivity index (χ1) is 9.65.